The van der Waals surface area contributed by atoms with Gasteiger partial charge in [-0.15, -0.1) is 0 Å². The molecule has 0 saturated carbocycles. The number of nitrogens with zero attached hydrogens (tertiary/aromatic N) is 1. The van der Waals surface area contributed by atoms with E-state index in [4.69, 9.17) is 33.7 Å². The Morgan fingerprint density at radius 2 is 1.98 bits per heavy atom. The van der Waals surface area contributed by atoms with Crippen molar-refractivity contribution in [3.63, 3.8) is 0 Å². The molecule has 0 bridgehead atoms. The van der Waals surface area contributed by atoms with Crippen molar-refractivity contribution in [2.45, 2.75) is 49.3 Å². The Hall–Kier alpha value is -3.17. The quantitative estimate of drug-likeness (QED) is 0.266. The van der Waals surface area contributed by atoms with Gasteiger partial charge >= 0.3 is 5.97 Å². The van der Waals surface area contributed by atoms with Gasteiger partial charge in [-0.05, 0) is 60.8 Å². The van der Waals surface area contributed by atoms with Crippen molar-refractivity contribution in [3.8, 4) is 0 Å². The maximum atomic E-state index is 15.9. The molecule has 1 spiro atoms. The molecule has 3 aromatic rings. The van der Waals surface area contributed by atoms with E-state index in [1.165, 1.54) is 13.2 Å². The van der Waals surface area contributed by atoms with E-state index in [2.05, 4.69) is 22.5 Å². The lowest BCUT2D eigenvalue weighted by Gasteiger charge is -2.40. The van der Waals surface area contributed by atoms with Gasteiger partial charge in [0.05, 0.1) is 17.7 Å². The summed E-state index contributed by atoms with van der Waals surface area (Å²) < 4.78 is 20.7. The number of esters is 1. The summed E-state index contributed by atoms with van der Waals surface area (Å²) in [7, 11) is 1.32. The Labute approximate surface area is 241 Å². The standard InChI is InChI=1S/C30H29Cl2FN4O3/c1-3-11-37-24-14-22(17-9-7-15(12-21(17)34)28(38)40-2)35-27(24)25(18-5-4-6-20(32)26(18)33)30(37)19-10-8-16(31)13-23(19)36-29(30)39/h4-10,12-13,22,24-25,27,35H,3,11,14,34H2,1-2H3,(H,36,39)/t22?,24-,25-,27+,30+/m0/s1. The molecule has 0 aromatic heterocycles. The predicted octanol–water partition coefficient (Wildman–Crippen LogP) is 5.63. The molecule has 0 aliphatic carbocycles. The normalized spacial score (nSPS) is 27.1. The molecule has 6 rings (SSSR count). The molecule has 10 heteroatoms. The molecule has 3 aliphatic rings. The summed E-state index contributed by atoms with van der Waals surface area (Å²) in [5, 5.41) is 7.27. The number of carbonyl (C=O) groups excluding carboxylic acids is 2. The summed E-state index contributed by atoms with van der Waals surface area (Å²) in [6.45, 7) is 2.68. The lowest BCUT2D eigenvalue weighted by atomic mass is 9.73. The summed E-state index contributed by atoms with van der Waals surface area (Å²) in [6.07, 6.45) is 1.41. The average Bonchev–Trinajstić information content (AvgIpc) is 3.55. The molecule has 2 fully saturated rings. The van der Waals surface area contributed by atoms with Gasteiger partial charge in [-0.1, -0.05) is 54.4 Å². The third-order valence-corrected chi connectivity index (χ3v) is 9.13. The van der Waals surface area contributed by atoms with Gasteiger partial charge in [0.1, 0.15) is 11.4 Å². The van der Waals surface area contributed by atoms with Crippen molar-refractivity contribution in [2.24, 2.45) is 0 Å². The van der Waals surface area contributed by atoms with E-state index in [0.29, 0.717) is 40.5 Å². The molecule has 1 amide bonds. The van der Waals surface area contributed by atoms with E-state index in [-0.39, 0.29) is 29.1 Å². The highest BCUT2D eigenvalue weighted by atomic mass is 35.5. The second-order valence-electron chi connectivity index (χ2n) is 10.6. The van der Waals surface area contributed by atoms with Crippen molar-refractivity contribution in [3.05, 3.63) is 92.7 Å². The second kappa shape index (κ2) is 10.0. The minimum atomic E-state index is -1.17. The van der Waals surface area contributed by atoms with E-state index < -0.39 is 23.2 Å². The van der Waals surface area contributed by atoms with E-state index >= 15 is 4.39 Å². The fourth-order valence-electron chi connectivity index (χ4n) is 7.14. The maximum absolute atomic E-state index is 15.9. The number of nitrogen functional groups attached to an aromatic ring is 1. The van der Waals surface area contributed by atoms with Crippen LogP contribution >= 0.6 is 23.2 Å². The van der Waals surface area contributed by atoms with E-state index in [1.54, 1.807) is 36.4 Å². The number of fused-ring (bicyclic) bond motifs is 3. The van der Waals surface area contributed by atoms with Crippen LogP contribution in [0, 0.1) is 5.82 Å². The van der Waals surface area contributed by atoms with Gasteiger partial charge in [-0.25, -0.2) is 9.18 Å². The van der Waals surface area contributed by atoms with Crippen molar-refractivity contribution < 1.29 is 18.7 Å². The van der Waals surface area contributed by atoms with Gasteiger partial charge in [0, 0.05) is 46.0 Å². The first-order valence-electron chi connectivity index (χ1n) is 13.3. The third-order valence-electron chi connectivity index (χ3n) is 8.60. The highest BCUT2D eigenvalue weighted by Crippen LogP contribution is 2.60. The van der Waals surface area contributed by atoms with Crippen molar-refractivity contribution >= 4 is 46.5 Å². The lowest BCUT2D eigenvalue weighted by Crippen LogP contribution is -2.52. The summed E-state index contributed by atoms with van der Waals surface area (Å²) in [5.74, 6) is -1.82. The van der Waals surface area contributed by atoms with Crippen LogP contribution in [0.5, 0.6) is 0 Å². The number of anilines is 2. The summed E-state index contributed by atoms with van der Waals surface area (Å²) in [6, 6.07) is 14.9. The van der Waals surface area contributed by atoms with Crippen molar-refractivity contribution in [1.82, 2.24) is 10.2 Å². The van der Waals surface area contributed by atoms with E-state index in [9.17, 15) is 9.59 Å². The van der Waals surface area contributed by atoms with Gasteiger partial charge < -0.3 is 21.1 Å². The Morgan fingerprint density at radius 1 is 1.18 bits per heavy atom. The number of methoxy groups -OCH3 is 1. The predicted molar refractivity (Wildman–Crippen MR) is 153 cm³/mol. The zero-order valence-electron chi connectivity index (χ0n) is 22.0. The Kier molecular flexibility index (Phi) is 6.78. The van der Waals surface area contributed by atoms with Gasteiger partial charge in [-0.2, -0.15) is 0 Å². The molecule has 3 aliphatic heterocycles. The fraction of sp³-hybridized carbons (Fsp3) is 0.333. The highest BCUT2D eigenvalue weighted by Gasteiger charge is 2.68. The first-order valence-corrected chi connectivity index (χ1v) is 14.0. The number of hydrogen-bond donors (Lipinski definition) is 3. The number of amides is 1. The first kappa shape index (κ1) is 27.0. The van der Waals surface area contributed by atoms with Crippen LogP contribution in [0.2, 0.25) is 10.0 Å². The largest absolute Gasteiger partial charge is 0.465 e. The third kappa shape index (κ3) is 3.84. The van der Waals surface area contributed by atoms with Crippen LogP contribution in [0.1, 0.15) is 58.8 Å². The highest BCUT2D eigenvalue weighted by molar-refractivity contribution is 6.31. The monoisotopic (exact) mass is 582 g/mol. The molecule has 4 N–H and O–H groups in total. The second-order valence-corrected chi connectivity index (χ2v) is 11.5. The molecule has 208 valence electrons. The SMILES string of the molecule is CCCN1[C@H]2CC(c3ccc(C(=O)OC)cc3N)N[C@H]2[C@H](c2cccc(Cl)c2F)[C@]12C(=O)Nc1cc(Cl)ccc12. The Balaban J connectivity index is 1.51. The Morgan fingerprint density at radius 3 is 2.70 bits per heavy atom. The molecule has 3 aromatic carbocycles. The molecule has 5 atom stereocenters. The lowest BCUT2D eigenvalue weighted by molar-refractivity contribution is -0.128. The molecule has 7 nitrogen and oxygen atoms in total. The number of benzene rings is 3. The number of halogens is 3. The first-order chi connectivity index (χ1) is 19.2. The minimum absolute atomic E-state index is 0.00469. The number of ether oxygens (including phenoxy) is 1. The minimum Gasteiger partial charge on any atom is -0.465 e. The molecule has 3 heterocycles. The number of carbonyl (C=O) groups is 2. The number of nitrogens with two attached hydrogens (primary N) is 1. The van der Waals surface area contributed by atoms with Crippen molar-refractivity contribution in [1.29, 1.82) is 0 Å². The smallest absolute Gasteiger partial charge is 0.337 e. The molecule has 1 unspecified atom stereocenters. The van der Waals surface area contributed by atoms with Gasteiger partial charge in [0.2, 0.25) is 5.91 Å². The summed E-state index contributed by atoms with van der Waals surface area (Å²) in [5.41, 5.74) is 8.69. The van der Waals surface area contributed by atoms with Gasteiger partial charge in [0.25, 0.3) is 0 Å². The Bertz CT molecular complexity index is 1530. The molecular weight excluding hydrogens is 554 g/mol. The van der Waals surface area contributed by atoms with Crippen LogP contribution in [0.15, 0.2) is 54.6 Å². The number of rotatable bonds is 5. The van der Waals surface area contributed by atoms with Crippen LogP contribution in [0.25, 0.3) is 0 Å². The summed E-state index contributed by atoms with van der Waals surface area (Å²) in [4.78, 5) is 28.4. The van der Waals surface area contributed by atoms with Gasteiger partial charge in [0.15, 0.2) is 0 Å². The zero-order chi connectivity index (χ0) is 28.3. The summed E-state index contributed by atoms with van der Waals surface area (Å²) >= 11 is 12.6. The zero-order valence-corrected chi connectivity index (χ0v) is 23.5. The maximum Gasteiger partial charge on any atom is 0.337 e. The van der Waals surface area contributed by atoms with E-state index in [0.717, 1.165) is 17.5 Å². The van der Waals surface area contributed by atoms with E-state index in [1.807, 2.05) is 12.1 Å². The molecule has 2 saturated heterocycles. The topological polar surface area (TPSA) is 96.7 Å². The van der Waals surface area contributed by atoms with Crippen LogP contribution < -0.4 is 16.4 Å². The average molecular weight is 583 g/mol. The fourth-order valence-corrected chi connectivity index (χ4v) is 7.49. The van der Waals surface area contributed by atoms with Crippen LogP contribution in [0.3, 0.4) is 0 Å². The van der Waals surface area contributed by atoms with Gasteiger partial charge in [-0.3, -0.25) is 9.69 Å². The number of hydrogen-bond acceptors (Lipinski definition) is 6. The van der Waals surface area contributed by atoms with Crippen molar-refractivity contribution in [2.75, 3.05) is 24.7 Å². The molecule has 40 heavy (non-hydrogen) atoms. The van der Waals surface area contributed by atoms with Crippen LogP contribution in [0.4, 0.5) is 15.8 Å². The van der Waals surface area contributed by atoms with Crippen LogP contribution in [-0.4, -0.2) is 42.5 Å². The molecule has 0 radical (unpaired) electrons. The number of likely N-dealkylation sites (tertiary alicyclic amines) is 1. The molecular formula is C30H29Cl2FN4O3. The van der Waals surface area contributed by atoms with Crippen LogP contribution in [-0.2, 0) is 15.1 Å². The number of nitrogens with one attached hydrogen (secondary N) is 2.